The quantitative estimate of drug-likeness (QED) is 0.259. The van der Waals surface area contributed by atoms with Gasteiger partial charge in [-0.3, -0.25) is 19.2 Å². The fraction of sp³-hybridized carbons (Fsp3) is 0.615. The number of aromatic nitrogens is 1. The van der Waals surface area contributed by atoms with Crippen molar-refractivity contribution in [3.8, 4) is 11.6 Å². The summed E-state index contributed by atoms with van der Waals surface area (Å²) in [7, 11) is -2.84. The molecular weight excluding hydrogens is 703 g/mol. The van der Waals surface area contributed by atoms with E-state index < -0.39 is 56.9 Å². The van der Waals surface area contributed by atoms with Gasteiger partial charge in [0, 0.05) is 30.3 Å². The van der Waals surface area contributed by atoms with Gasteiger partial charge in [-0.05, 0) is 102 Å². The normalized spacial score (nSPS) is 28.1. The van der Waals surface area contributed by atoms with Gasteiger partial charge in [0.1, 0.15) is 17.5 Å². The second-order valence-electron chi connectivity index (χ2n) is 16.3. The average Bonchev–Trinajstić information content (AvgIpc) is 3.93. The minimum Gasteiger partial charge on any atom is -0.497 e. The zero-order chi connectivity index (χ0) is 38.2. The smallest absolute Gasteiger partial charge is 0.362 e. The number of methoxy groups -OCH3 is 1. The molecule has 3 fully saturated rings. The van der Waals surface area contributed by atoms with E-state index in [1.165, 1.54) is 4.90 Å². The van der Waals surface area contributed by atoms with Crippen molar-refractivity contribution in [2.75, 3.05) is 13.7 Å². The number of esters is 1. The van der Waals surface area contributed by atoms with Crippen LogP contribution < -0.4 is 14.2 Å². The van der Waals surface area contributed by atoms with Crippen LogP contribution in [0.1, 0.15) is 98.3 Å². The predicted octanol–water partition coefficient (Wildman–Crippen LogP) is 5.36. The first kappa shape index (κ1) is 38.7. The third kappa shape index (κ3) is 9.37. The second kappa shape index (κ2) is 15.0. The molecular formula is C39H51N3O10S. The first-order chi connectivity index (χ1) is 25.0. The van der Waals surface area contributed by atoms with E-state index in [1.54, 1.807) is 47.1 Å². The number of nitrogens with zero attached hydrogens (tertiary/aromatic N) is 2. The molecule has 2 amide bonds. The number of Topliss-reactive ketones (excluding diaryl/α,β-unsaturated/α-hetero) is 1. The summed E-state index contributed by atoms with van der Waals surface area (Å²) in [6, 6.07) is 6.34. The molecule has 13 nitrogen and oxygen atoms in total. The molecule has 0 unspecified atom stereocenters. The molecule has 5 atom stereocenters. The van der Waals surface area contributed by atoms with Gasteiger partial charge in [-0.25, -0.2) is 13.9 Å². The fourth-order valence-corrected chi connectivity index (χ4v) is 8.65. The largest absolute Gasteiger partial charge is 0.497 e. The Morgan fingerprint density at radius 3 is 2.58 bits per heavy atom. The molecule has 0 radical (unpaired) electrons. The molecule has 6 rings (SSSR count). The number of hydrogen-bond donors (Lipinski definition) is 1. The molecule has 4 aliphatic rings. The Kier molecular flexibility index (Phi) is 10.9. The highest BCUT2D eigenvalue weighted by molar-refractivity contribution is 7.85. The maximum absolute atomic E-state index is 14.5. The molecule has 1 aromatic heterocycles. The van der Waals surface area contributed by atoms with Crippen LogP contribution in [0, 0.1) is 17.3 Å². The average molecular weight is 754 g/mol. The van der Waals surface area contributed by atoms with E-state index in [0.717, 1.165) is 30.0 Å². The molecule has 1 saturated heterocycles. The molecule has 2 aromatic rings. The minimum absolute atomic E-state index is 0.0532. The van der Waals surface area contributed by atoms with Gasteiger partial charge in [0.05, 0.1) is 37.1 Å². The monoisotopic (exact) mass is 753 g/mol. The molecule has 288 valence electrons. The Morgan fingerprint density at radius 2 is 1.87 bits per heavy atom. The molecule has 14 heteroatoms. The topological polar surface area (TPSA) is 168 Å². The van der Waals surface area contributed by atoms with E-state index in [4.69, 9.17) is 18.4 Å². The van der Waals surface area contributed by atoms with Crippen LogP contribution in [0.5, 0.6) is 11.6 Å². The standard InChI is InChI=1S/C39H51N3O10S/c1-37(2,3)51-33(44)20-26-11-9-7-6-8-10-12-27-22-39(27,36(46)41-53(47,48)52-38(4)16-17-38)23-32(43)31-21-29(24-42(31)35(26)45)50-34-30-14-13-28(49-5)19-25(30)15-18-40-34/h10,12-15,18-19,26-27,29,31H,6-9,11,16-17,20-24H2,1-5H3,(H,41,46)/b12-10-/t26-,27-,29-,31+,39-/m1/s1. The lowest BCUT2D eigenvalue weighted by atomic mass is 9.90. The predicted molar refractivity (Wildman–Crippen MR) is 195 cm³/mol. The minimum atomic E-state index is -4.42. The lowest BCUT2D eigenvalue weighted by Crippen LogP contribution is -2.46. The number of carbonyl (C=O) groups excluding carboxylic acids is 4. The molecule has 2 aliphatic carbocycles. The van der Waals surface area contributed by atoms with Crippen molar-refractivity contribution < 1.29 is 46.0 Å². The fourth-order valence-electron chi connectivity index (χ4n) is 7.48. The van der Waals surface area contributed by atoms with Crippen molar-refractivity contribution in [3.05, 3.63) is 42.6 Å². The zero-order valence-corrected chi connectivity index (χ0v) is 32.0. The third-order valence-corrected chi connectivity index (χ3v) is 11.7. The Labute approximate surface area is 311 Å². The molecule has 2 saturated carbocycles. The zero-order valence-electron chi connectivity index (χ0n) is 31.2. The molecule has 0 bridgehead atoms. The summed E-state index contributed by atoms with van der Waals surface area (Å²) < 4.78 is 50.5. The van der Waals surface area contributed by atoms with Gasteiger partial charge in [0.2, 0.25) is 17.7 Å². The number of amides is 2. The number of ketones is 1. The van der Waals surface area contributed by atoms with Gasteiger partial charge in [0.15, 0.2) is 5.78 Å². The van der Waals surface area contributed by atoms with Crippen molar-refractivity contribution in [2.45, 2.75) is 122 Å². The maximum atomic E-state index is 14.5. The van der Waals surface area contributed by atoms with Crippen LogP contribution >= 0.6 is 0 Å². The van der Waals surface area contributed by atoms with Crippen molar-refractivity contribution in [3.63, 3.8) is 0 Å². The van der Waals surface area contributed by atoms with Crippen LogP contribution in [0.15, 0.2) is 42.6 Å². The molecule has 2 aliphatic heterocycles. The highest BCUT2D eigenvalue weighted by Crippen LogP contribution is 2.57. The highest BCUT2D eigenvalue weighted by Gasteiger charge is 2.61. The SMILES string of the molecule is COc1ccc2c(O[C@@H]3C[C@H]4C(=O)C[C@]5(C(=O)NS(=O)(=O)OC6(C)CC6)C[C@H]5/C=C\CCCCC[C@H](CC(=O)OC(C)(C)C)C(=O)N4C3)nccc2c1. The summed E-state index contributed by atoms with van der Waals surface area (Å²) in [4.78, 5) is 61.8. The number of ether oxygens (including phenoxy) is 3. The lowest BCUT2D eigenvalue weighted by molar-refractivity contribution is -0.159. The third-order valence-electron chi connectivity index (χ3n) is 10.7. The second-order valence-corrected chi connectivity index (χ2v) is 17.5. The Balaban J connectivity index is 1.30. The molecule has 1 N–H and O–H groups in total. The number of allylic oxidation sites excluding steroid dienone is 2. The first-order valence-electron chi connectivity index (χ1n) is 18.6. The van der Waals surface area contributed by atoms with Gasteiger partial charge in [-0.1, -0.05) is 25.0 Å². The lowest BCUT2D eigenvalue weighted by Gasteiger charge is -2.29. The van der Waals surface area contributed by atoms with E-state index >= 15 is 0 Å². The Hall–Kier alpha value is -4.04. The van der Waals surface area contributed by atoms with Crippen molar-refractivity contribution in [1.29, 1.82) is 0 Å². The summed E-state index contributed by atoms with van der Waals surface area (Å²) in [6.45, 7) is 7.03. The molecule has 53 heavy (non-hydrogen) atoms. The van der Waals surface area contributed by atoms with Gasteiger partial charge in [-0.2, -0.15) is 8.42 Å². The number of benzene rings is 1. The summed E-state index contributed by atoms with van der Waals surface area (Å²) in [5.41, 5.74) is -2.91. The van der Waals surface area contributed by atoms with Crippen molar-refractivity contribution >= 4 is 44.6 Å². The number of hydrogen-bond acceptors (Lipinski definition) is 11. The van der Waals surface area contributed by atoms with Crippen molar-refractivity contribution in [1.82, 2.24) is 14.6 Å². The van der Waals surface area contributed by atoms with E-state index in [9.17, 15) is 27.6 Å². The number of fused-ring (bicyclic) bond motifs is 3. The van der Waals surface area contributed by atoms with Crippen LogP contribution in [0.4, 0.5) is 0 Å². The molecule has 1 aromatic carbocycles. The number of pyridine rings is 1. The summed E-state index contributed by atoms with van der Waals surface area (Å²) in [5, 5.41) is 1.56. The van der Waals surface area contributed by atoms with E-state index in [2.05, 4.69) is 9.71 Å². The van der Waals surface area contributed by atoms with E-state index in [0.29, 0.717) is 37.3 Å². The summed E-state index contributed by atoms with van der Waals surface area (Å²) >= 11 is 0. The van der Waals surface area contributed by atoms with Crippen LogP contribution in [0.25, 0.3) is 10.8 Å². The molecule has 3 heterocycles. The van der Waals surface area contributed by atoms with E-state index in [-0.39, 0.29) is 49.8 Å². The number of carbonyl (C=O) groups is 4. The highest BCUT2D eigenvalue weighted by atomic mass is 32.2. The Morgan fingerprint density at radius 1 is 1.09 bits per heavy atom. The van der Waals surface area contributed by atoms with Gasteiger partial charge in [0.25, 0.3) is 0 Å². The van der Waals surface area contributed by atoms with E-state index in [1.807, 2.05) is 30.4 Å². The number of nitrogens with one attached hydrogen (secondary N) is 1. The molecule has 0 spiro atoms. The Bertz CT molecular complexity index is 1880. The van der Waals surface area contributed by atoms with Crippen molar-refractivity contribution in [2.24, 2.45) is 17.3 Å². The van der Waals surface area contributed by atoms with Crippen LogP contribution in [0.3, 0.4) is 0 Å². The summed E-state index contributed by atoms with van der Waals surface area (Å²) in [6.07, 6.45) is 9.41. The van der Waals surface area contributed by atoms with Crippen LogP contribution in [0.2, 0.25) is 0 Å². The van der Waals surface area contributed by atoms with Crippen LogP contribution in [-0.4, -0.2) is 78.9 Å². The first-order valence-corrected chi connectivity index (χ1v) is 20.0. The van der Waals surface area contributed by atoms with Gasteiger partial charge < -0.3 is 19.1 Å². The maximum Gasteiger partial charge on any atom is 0.362 e. The summed E-state index contributed by atoms with van der Waals surface area (Å²) in [5.74, 6) is -2.13. The van der Waals surface area contributed by atoms with Gasteiger partial charge >= 0.3 is 16.3 Å². The van der Waals surface area contributed by atoms with Crippen LogP contribution in [-0.2, 0) is 38.4 Å². The van der Waals surface area contributed by atoms with Gasteiger partial charge in [-0.15, -0.1) is 0 Å². The number of rotatable bonds is 9.